The fraction of sp³-hybridized carbons (Fsp3) is 0.278. The zero-order chi connectivity index (χ0) is 15.4. The van der Waals surface area contributed by atoms with Gasteiger partial charge >= 0.3 is 0 Å². The lowest BCUT2D eigenvalue weighted by molar-refractivity contribution is -0.124. The Kier molecular flexibility index (Phi) is 6.46. The first-order valence-corrected chi connectivity index (χ1v) is 7.93. The third kappa shape index (κ3) is 4.47. The molecule has 3 rings (SSSR count). The average Bonchev–Trinajstić information content (AvgIpc) is 3.09. The van der Waals surface area contributed by atoms with Gasteiger partial charge in [0.15, 0.2) is 0 Å². The zero-order valence-corrected chi connectivity index (χ0v) is 14.2. The van der Waals surface area contributed by atoms with E-state index >= 15 is 0 Å². The van der Waals surface area contributed by atoms with Crippen molar-refractivity contribution in [3.05, 3.63) is 70.7 Å². The van der Waals surface area contributed by atoms with E-state index in [2.05, 4.69) is 10.6 Å². The third-order valence-electron chi connectivity index (χ3n) is 4.05. The molecule has 1 heterocycles. The highest BCUT2D eigenvalue weighted by Gasteiger charge is 2.25. The van der Waals surface area contributed by atoms with E-state index in [0.717, 1.165) is 30.6 Å². The molecule has 0 radical (unpaired) electrons. The van der Waals surface area contributed by atoms with Crippen LogP contribution in [0, 0.1) is 5.92 Å². The van der Waals surface area contributed by atoms with Gasteiger partial charge in [0.2, 0.25) is 5.91 Å². The maximum absolute atomic E-state index is 12.5. The van der Waals surface area contributed by atoms with E-state index in [0.29, 0.717) is 5.02 Å². The molecule has 122 valence electrons. The summed E-state index contributed by atoms with van der Waals surface area (Å²) in [5.74, 6) is 0.160. The summed E-state index contributed by atoms with van der Waals surface area (Å²) in [7, 11) is 0. The first-order valence-electron chi connectivity index (χ1n) is 7.55. The minimum atomic E-state index is -0.147. The largest absolute Gasteiger partial charge is 0.345 e. The van der Waals surface area contributed by atoms with Gasteiger partial charge < -0.3 is 10.6 Å². The molecule has 1 saturated heterocycles. The summed E-state index contributed by atoms with van der Waals surface area (Å²) < 4.78 is 0. The molecular formula is C18H20Cl2N2O. The van der Waals surface area contributed by atoms with Crippen LogP contribution >= 0.6 is 24.0 Å². The second-order valence-corrected chi connectivity index (χ2v) is 6.03. The molecule has 5 heteroatoms. The van der Waals surface area contributed by atoms with Gasteiger partial charge in [-0.2, -0.15) is 0 Å². The van der Waals surface area contributed by atoms with Crippen molar-refractivity contribution in [2.45, 2.75) is 12.5 Å². The molecule has 0 aliphatic carbocycles. The molecular weight excluding hydrogens is 331 g/mol. The quantitative estimate of drug-likeness (QED) is 0.884. The van der Waals surface area contributed by atoms with E-state index in [9.17, 15) is 4.79 Å². The van der Waals surface area contributed by atoms with E-state index in [1.807, 2.05) is 54.6 Å². The van der Waals surface area contributed by atoms with E-state index in [1.54, 1.807) is 0 Å². The Hall–Kier alpha value is -1.55. The third-order valence-corrected chi connectivity index (χ3v) is 4.31. The van der Waals surface area contributed by atoms with E-state index < -0.39 is 0 Å². The summed E-state index contributed by atoms with van der Waals surface area (Å²) in [5.41, 5.74) is 2.11. The van der Waals surface area contributed by atoms with Crippen LogP contribution in [0.1, 0.15) is 23.6 Å². The second-order valence-electron chi connectivity index (χ2n) is 5.59. The highest BCUT2D eigenvalue weighted by molar-refractivity contribution is 6.30. The summed E-state index contributed by atoms with van der Waals surface area (Å²) in [4.78, 5) is 12.5. The first kappa shape index (κ1) is 17.8. The number of rotatable bonds is 4. The van der Waals surface area contributed by atoms with Gasteiger partial charge in [-0.15, -0.1) is 12.4 Å². The molecule has 0 aromatic heterocycles. The molecule has 2 unspecified atom stereocenters. The zero-order valence-electron chi connectivity index (χ0n) is 12.7. The maximum atomic E-state index is 12.5. The minimum Gasteiger partial charge on any atom is -0.345 e. The lowest BCUT2D eigenvalue weighted by Gasteiger charge is -2.22. The van der Waals surface area contributed by atoms with Crippen LogP contribution in [-0.2, 0) is 4.79 Å². The van der Waals surface area contributed by atoms with Crippen molar-refractivity contribution in [1.82, 2.24) is 10.6 Å². The second kappa shape index (κ2) is 8.34. The van der Waals surface area contributed by atoms with Gasteiger partial charge in [-0.05, 0) is 36.2 Å². The molecule has 0 bridgehead atoms. The maximum Gasteiger partial charge on any atom is 0.225 e. The molecule has 0 spiro atoms. The van der Waals surface area contributed by atoms with Gasteiger partial charge in [0, 0.05) is 11.6 Å². The van der Waals surface area contributed by atoms with Gasteiger partial charge in [0.25, 0.3) is 0 Å². The molecule has 1 aliphatic rings. The Labute approximate surface area is 147 Å². The summed E-state index contributed by atoms with van der Waals surface area (Å²) in [6.07, 6.45) is 0.897. The van der Waals surface area contributed by atoms with Gasteiger partial charge in [0.1, 0.15) is 0 Å². The predicted octanol–water partition coefficient (Wildman–Crippen LogP) is 3.58. The van der Waals surface area contributed by atoms with Crippen LogP contribution in [0.25, 0.3) is 0 Å². The molecule has 1 aliphatic heterocycles. The Morgan fingerprint density at radius 1 is 1.09 bits per heavy atom. The minimum absolute atomic E-state index is 0. The molecule has 1 fully saturated rings. The smallest absolute Gasteiger partial charge is 0.225 e. The molecule has 1 amide bonds. The number of halogens is 2. The topological polar surface area (TPSA) is 41.1 Å². The number of hydrogen-bond acceptors (Lipinski definition) is 2. The summed E-state index contributed by atoms with van der Waals surface area (Å²) >= 11 is 5.98. The van der Waals surface area contributed by atoms with Gasteiger partial charge in [-0.1, -0.05) is 54.1 Å². The first-order chi connectivity index (χ1) is 10.7. The van der Waals surface area contributed by atoms with Crippen LogP contribution in [0.2, 0.25) is 5.02 Å². The predicted molar refractivity (Wildman–Crippen MR) is 96.1 cm³/mol. The lowest BCUT2D eigenvalue weighted by Crippen LogP contribution is -2.35. The van der Waals surface area contributed by atoms with Crippen LogP contribution in [-0.4, -0.2) is 19.0 Å². The SMILES string of the molecule is Cl.O=C(NC(c1ccccc1)c1ccc(Cl)cc1)C1CCNC1. The fourth-order valence-electron chi connectivity index (χ4n) is 2.80. The van der Waals surface area contributed by atoms with E-state index in [1.165, 1.54) is 0 Å². The number of amides is 1. The monoisotopic (exact) mass is 350 g/mol. The molecule has 2 aromatic carbocycles. The Morgan fingerprint density at radius 2 is 1.74 bits per heavy atom. The van der Waals surface area contributed by atoms with Crippen molar-refractivity contribution in [1.29, 1.82) is 0 Å². The number of benzene rings is 2. The standard InChI is InChI=1S/C18H19ClN2O.ClH/c19-16-8-6-14(7-9-16)17(13-4-2-1-3-5-13)21-18(22)15-10-11-20-12-15;/h1-9,15,17,20H,10-12H2,(H,21,22);1H. The molecule has 0 saturated carbocycles. The van der Waals surface area contributed by atoms with Crippen molar-refractivity contribution >= 4 is 29.9 Å². The number of hydrogen-bond donors (Lipinski definition) is 2. The Morgan fingerprint density at radius 3 is 2.35 bits per heavy atom. The van der Waals surface area contributed by atoms with Gasteiger partial charge in [-0.25, -0.2) is 0 Å². The summed E-state index contributed by atoms with van der Waals surface area (Å²) in [5, 5.41) is 7.12. The average molecular weight is 351 g/mol. The van der Waals surface area contributed by atoms with E-state index in [4.69, 9.17) is 11.6 Å². The highest BCUT2D eigenvalue weighted by Crippen LogP contribution is 2.24. The van der Waals surface area contributed by atoms with Crippen LogP contribution in [0.3, 0.4) is 0 Å². The lowest BCUT2D eigenvalue weighted by atomic mass is 9.97. The molecule has 2 atom stereocenters. The van der Waals surface area contributed by atoms with Crippen molar-refractivity contribution in [2.75, 3.05) is 13.1 Å². The number of nitrogens with one attached hydrogen (secondary N) is 2. The molecule has 2 aromatic rings. The van der Waals surface area contributed by atoms with Crippen molar-refractivity contribution in [3.63, 3.8) is 0 Å². The van der Waals surface area contributed by atoms with Crippen LogP contribution in [0.5, 0.6) is 0 Å². The van der Waals surface area contributed by atoms with E-state index in [-0.39, 0.29) is 30.3 Å². The van der Waals surface area contributed by atoms with Crippen LogP contribution in [0.15, 0.2) is 54.6 Å². The van der Waals surface area contributed by atoms with Crippen LogP contribution in [0.4, 0.5) is 0 Å². The van der Waals surface area contributed by atoms with Crippen LogP contribution < -0.4 is 10.6 Å². The van der Waals surface area contributed by atoms with Gasteiger partial charge in [0.05, 0.1) is 12.0 Å². The summed E-state index contributed by atoms with van der Waals surface area (Å²) in [6, 6.07) is 17.5. The molecule has 3 nitrogen and oxygen atoms in total. The molecule has 2 N–H and O–H groups in total. The number of carbonyl (C=O) groups is 1. The van der Waals surface area contributed by atoms with Crippen molar-refractivity contribution < 1.29 is 4.79 Å². The number of carbonyl (C=O) groups excluding carboxylic acids is 1. The normalized spacial score (nSPS) is 18.0. The fourth-order valence-corrected chi connectivity index (χ4v) is 2.92. The molecule has 23 heavy (non-hydrogen) atoms. The Bertz CT molecular complexity index is 625. The summed E-state index contributed by atoms with van der Waals surface area (Å²) in [6.45, 7) is 1.67. The van der Waals surface area contributed by atoms with Crippen molar-refractivity contribution in [2.24, 2.45) is 5.92 Å². The van der Waals surface area contributed by atoms with Gasteiger partial charge in [-0.3, -0.25) is 4.79 Å². The Balaban J connectivity index is 0.00000192. The highest BCUT2D eigenvalue weighted by atomic mass is 35.5. The van der Waals surface area contributed by atoms with Crippen molar-refractivity contribution in [3.8, 4) is 0 Å².